The van der Waals surface area contributed by atoms with Crippen molar-refractivity contribution in [2.75, 3.05) is 5.73 Å². The van der Waals surface area contributed by atoms with Crippen LogP contribution in [0.25, 0.3) is 10.8 Å². The number of hydrogen-bond donors (Lipinski definition) is 1. The van der Waals surface area contributed by atoms with Gasteiger partial charge < -0.3 is 10.5 Å². The second kappa shape index (κ2) is 5.54. The Labute approximate surface area is 131 Å². The molecule has 0 atom stereocenters. The van der Waals surface area contributed by atoms with Gasteiger partial charge in [-0.05, 0) is 22.9 Å². The molecule has 0 bridgehead atoms. The average Bonchev–Trinajstić information content (AvgIpc) is 2.50. The summed E-state index contributed by atoms with van der Waals surface area (Å²) in [5, 5.41) is 13.1. The fourth-order valence-electron chi connectivity index (χ4n) is 2.15. The molecule has 110 valence electrons. The summed E-state index contributed by atoms with van der Waals surface area (Å²) in [4.78, 5) is 10.2. The van der Waals surface area contributed by atoms with E-state index in [1.807, 2.05) is 36.4 Å². The zero-order valence-electron chi connectivity index (χ0n) is 11.3. The van der Waals surface area contributed by atoms with Gasteiger partial charge in [0.15, 0.2) is 0 Å². The van der Waals surface area contributed by atoms with E-state index in [1.54, 1.807) is 6.07 Å². The summed E-state index contributed by atoms with van der Waals surface area (Å²) in [5.74, 6) is 0.855. The minimum atomic E-state index is -0.582. The van der Waals surface area contributed by atoms with Gasteiger partial charge >= 0.3 is 0 Å². The van der Waals surface area contributed by atoms with Crippen molar-refractivity contribution in [3.05, 3.63) is 69.7 Å². The first-order chi connectivity index (χ1) is 10.5. The van der Waals surface area contributed by atoms with Crippen LogP contribution in [-0.2, 0) is 0 Å². The quantitative estimate of drug-likeness (QED) is 0.429. The average molecular weight is 315 g/mol. The fourth-order valence-corrected chi connectivity index (χ4v) is 2.35. The van der Waals surface area contributed by atoms with Gasteiger partial charge in [0.2, 0.25) is 0 Å². The van der Waals surface area contributed by atoms with Crippen molar-refractivity contribution in [2.45, 2.75) is 0 Å². The first-order valence-corrected chi connectivity index (χ1v) is 6.82. The van der Waals surface area contributed by atoms with E-state index in [0.717, 1.165) is 10.8 Å². The third kappa shape index (κ3) is 2.66. The Kier molecular flexibility index (Phi) is 3.56. The van der Waals surface area contributed by atoms with Crippen molar-refractivity contribution in [1.29, 1.82) is 0 Å². The predicted octanol–water partition coefficient (Wildman–Crippen LogP) is 4.78. The van der Waals surface area contributed by atoms with E-state index in [4.69, 9.17) is 22.1 Å². The first-order valence-electron chi connectivity index (χ1n) is 6.44. The molecule has 5 nitrogen and oxygen atoms in total. The van der Waals surface area contributed by atoms with E-state index in [2.05, 4.69) is 0 Å². The molecule has 2 N–H and O–H groups in total. The Balaban J connectivity index is 1.97. The molecular formula is C16H11ClN2O3. The molecule has 0 spiro atoms. The smallest absolute Gasteiger partial charge is 0.293 e. The van der Waals surface area contributed by atoms with E-state index >= 15 is 0 Å². The van der Waals surface area contributed by atoms with Gasteiger partial charge in [0.05, 0.1) is 9.95 Å². The lowest BCUT2D eigenvalue weighted by molar-refractivity contribution is -0.383. The highest BCUT2D eigenvalue weighted by Crippen LogP contribution is 2.37. The van der Waals surface area contributed by atoms with Crippen molar-refractivity contribution in [3.63, 3.8) is 0 Å². The van der Waals surface area contributed by atoms with Gasteiger partial charge in [0.25, 0.3) is 5.69 Å². The number of nitrogen functional groups attached to an aromatic ring is 1. The number of halogens is 1. The number of hydrogen-bond acceptors (Lipinski definition) is 4. The number of benzene rings is 3. The van der Waals surface area contributed by atoms with Gasteiger partial charge in [-0.25, -0.2) is 0 Å². The molecule has 0 unspecified atom stereocenters. The van der Waals surface area contributed by atoms with Crippen molar-refractivity contribution < 1.29 is 9.66 Å². The number of fused-ring (bicyclic) bond motifs is 1. The van der Waals surface area contributed by atoms with Crippen LogP contribution in [-0.4, -0.2) is 4.92 Å². The summed E-state index contributed by atoms with van der Waals surface area (Å²) < 4.78 is 5.70. The molecule has 3 aromatic rings. The predicted molar refractivity (Wildman–Crippen MR) is 86.5 cm³/mol. The van der Waals surface area contributed by atoms with Gasteiger partial charge in [-0.1, -0.05) is 41.9 Å². The van der Waals surface area contributed by atoms with Crippen molar-refractivity contribution in [2.24, 2.45) is 0 Å². The third-order valence-electron chi connectivity index (χ3n) is 3.23. The summed E-state index contributed by atoms with van der Waals surface area (Å²) in [6, 6.07) is 16.0. The molecule has 0 aliphatic heterocycles. The molecule has 3 aromatic carbocycles. The number of nitro benzene ring substituents is 1. The highest BCUT2D eigenvalue weighted by atomic mass is 35.5. The number of ether oxygens (including phenoxy) is 1. The van der Waals surface area contributed by atoms with Crippen LogP contribution < -0.4 is 10.5 Å². The van der Waals surface area contributed by atoms with Gasteiger partial charge in [-0.3, -0.25) is 10.1 Å². The molecule has 0 amide bonds. The lowest BCUT2D eigenvalue weighted by Gasteiger charge is -2.09. The van der Waals surface area contributed by atoms with Crippen LogP contribution in [0.15, 0.2) is 54.6 Å². The van der Waals surface area contributed by atoms with E-state index in [1.165, 1.54) is 12.1 Å². The fraction of sp³-hybridized carbons (Fsp3) is 0. The SMILES string of the molecule is Nc1cc(Oc2ccc3ccccc3c2)c(Cl)cc1[N+](=O)[O-]. The molecule has 22 heavy (non-hydrogen) atoms. The van der Waals surface area contributed by atoms with Crippen LogP contribution in [0, 0.1) is 10.1 Å². The maximum atomic E-state index is 10.8. The van der Waals surface area contributed by atoms with Crippen molar-refractivity contribution >= 4 is 33.7 Å². The molecular weight excluding hydrogens is 304 g/mol. The van der Waals surface area contributed by atoms with Gasteiger partial charge in [-0.2, -0.15) is 0 Å². The second-order valence-corrected chi connectivity index (χ2v) is 5.12. The highest BCUT2D eigenvalue weighted by molar-refractivity contribution is 6.32. The molecule has 0 aromatic heterocycles. The Hall–Kier alpha value is -2.79. The molecule has 0 saturated carbocycles. The normalized spacial score (nSPS) is 10.6. The van der Waals surface area contributed by atoms with Crippen molar-refractivity contribution in [3.8, 4) is 11.5 Å². The van der Waals surface area contributed by atoms with Crippen LogP contribution in [0.4, 0.5) is 11.4 Å². The number of rotatable bonds is 3. The summed E-state index contributed by atoms with van der Waals surface area (Å²) >= 11 is 6.03. The Morgan fingerprint density at radius 2 is 1.77 bits per heavy atom. The molecule has 6 heteroatoms. The Morgan fingerprint density at radius 1 is 1.05 bits per heavy atom. The van der Waals surface area contributed by atoms with Crippen LogP contribution in [0.5, 0.6) is 11.5 Å². The minimum Gasteiger partial charge on any atom is -0.456 e. The van der Waals surface area contributed by atoms with Crippen LogP contribution >= 0.6 is 11.6 Å². The van der Waals surface area contributed by atoms with Crippen LogP contribution in [0.1, 0.15) is 0 Å². The molecule has 0 aliphatic rings. The van der Waals surface area contributed by atoms with Crippen LogP contribution in [0.2, 0.25) is 5.02 Å². The van der Waals surface area contributed by atoms with Gasteiger partial charge in [0.1, 0.15) is 17.2 Å². The van der Waals surface area contributed by atoms with Crippen molar-refractivity contribution in [1.82, 2.24) is 0 Å². The highest BCUT2D eigenvalue weighted by Gasteiger charge is 2.16. The topological polar surface area (TPSA) is 78.4 Å². The Morgan fingerprint density at radius 3 is 2.50 bits per heavy atom. The maximum Gasteiger partial charge on any atom is 0.293 e. The zero-order chi connectivity index (χ0) is 15.7. The summed E-state index contributed by atoms with van der Waals surface area (Å²) in [6.07, 6.45) is 0. The Bertz CT molecular complexity index is 880. The third-order valence-corrected chi connectivity index (χ3v) is 3.52. The molecule has 3 rings (SSSR count). The molecule has 0 radical (unpaired) electrons. The second-order valence-electron chi connectivity index (χ2n) is 4.71. The summed E-state index contributed by atoms with van der Waals surface area (Å²) in [6.45, 7) is 0. The van der Waals surface area contributed by atoms with E-state index in [9.17, 15) is 10.1 Å². The lowest BCUT2D eigenvalue weighted by atomic mass is 10.1. The number of anilines is 1. The summed E-state index contributed by atoms with van der Waals surface area (Å²) in [5.41, 5.74) is 5.42. The van der Waals surface area contributed by atoms with Crippen LogP contribution in [0.3, 0.4) is 0 Å². The molecule has 0 aliphatic carbocycles. The standard InChI is InChI=1S/C16H11ClN2O3/c17-13-8-15(19(20)21)14(18)9-16(13)22-12-6-5-10-3-1-2-4-11(10)7-12/h1-9H,18H2. The zero-order valence-corrected chi connectivity index (χ0v) is 12.1. The van der Waals surface area contributed by atoms with E-state index < -0.39 is 4.92 Å². The minimum absolute atomic E-state index is 0.00480. The van der Waals surface area contributed by atoms with Gasteiger partial charge in [0, 0.05) is 12.1 Å². The number of nitrogens with zero attached hydrogens (tertiary/aromatic N) is 1. The summed E-state index contributed by atoms with van der Waals surface area (Å²) in [7, 11) is 0. The molecule has 0 saturated heterocycles. The molecule has 0 heterocycles. The lowest BCUT2D eigenvalue weighted by Crippen LogP contribution is -1.97. The number of nitrogens with two attached hydrogens (primary N) is 1. The maximum absolute atomic E-state index is 10.8. The monoisotopic (exact) mass is 314 g/mol. The largest absolute Gasteiger partial charge is 0.456 e. The van der Waals surface area contributed by atoms with E-state index in [0.29, 0.717) is 5.75 Å². The molecule has 0 fully saturated rings. The van der Waals surface area contributed by atoms with E-state index in [-0.39, 0.29) is 22.1 Å². The number of nitro groups is 1. The van der Waals surface area contributed by atoms with Gasteiger partial charge in [-0.15, -0.1) is 0 Å². The first kappa shape index (κ1) is 14.2.